The summed E-state index contributed by atoms with van der Waals surface area (Å²) in [7, 11) is 0. The molecule has 0 saturated heterocycles. The van der Waals surface area contributed by atoms with Crippen molar-refractivity contribution in [2.75, 3.05) is 78.9 Å². The van der Waals surface area contributed by atoms with Crippen LogP contribution in [-0.2, 0) is 19.5 Å². The quantitative estimate of drug-likeness (QED) is 0.126. The van der Waals surface area contributed by atoms with Gasteiger partial charge >= 0.3 is 19.5 Å². The molecule has 0 amide bonds. The molecule has 0 fully saturated rings. The summed E-state index contributed by atoms with van der Waals surface area (Å²) in [6, 6.07) is 4.61. The summed E-state index contributed by atoms with van der Waals surface area (Å²) in [5.41, 5.74) is -0.111. The zero-order chi connectivity index (χ0) is 24.8. The van der Waals surface area contributed by atoms with E-state index in [4.69, 9.17) is 30.6 Å². The van der Waals surface area contributed by atoms with Gasteiger partial charge in [-0.3, -0.25) is 9.80 Å². The minimum Gasteiger partial charge on any atom is -0.545 e. The van der Waals surface area contributed by atoms with Crippen molar-refractivity contribution in [3.8, 4) is 0 Å². The molecule has 0 heterocycles. The fraction of sp³-hybridized carbons (Fsp3) is 0.600. The van der Waals surface area contributed by atoms with Gasteiger partial charge in [0.2, 0.25) is 0 Å². The van der Waals surface area contributed by atoms with E-state index < -0.39 is 11.9 Å². The van der Waals surface area contributed by atoms with Gasteiger partial charge in [0.1, 0.15) is 0 Å². The van der Waals surface area contributed by atoms with Crippen LogP contribution in [0.4, 0.5) is 0 Å². The number of carbonyl (C=O) groups excluding carboxylic acids is 2. The molecule has 13 heteroatoms. The van der Waals surface area contributed by atoms with E-state index in [1.54, 1.807) is 9.80 Å². The summed E-state index contributed by atoms with van der Waals surface area (Å²) in [5.74, 6) is -2.67. The number of hydrogen-bond acceptors (Lipinski definition) is 12. The van der Waals surface area contributed by atoms with Crippen LogP contribution in [-0.4, -0.2) is 131 Å². The molecule has 0 aliphatic carbocycles. The number of benzene rings is 1. The molecular weight excluding hydrogens is 494 g/mol. The van der Waals surface area contributed by atoms with Crippen molar-refractivity contribution >= 4 is 11.9 Å². The Bertz CT molecular complexity index is 513. The Morgan fingerprint density at radius 3 is 0.848 bits per heavy atom. The number of carbonyl (C=O) groups is 2. The third kappa shape index (κ3) is 20.8. The fourth-order valence-corrected chi connectivity index (χ4v) is 2.26. The van der Waals surface area contributed by atoms with Crippen molar-refractivity contribution < 1.29 is 69.9 Å². The number of carboxylic acid groups (broad SMARTS) is 2. The van der Waals surface area contributed by atoms with Gasteiger partial charge in [-0.15, -0.1) is 0 Å². The van der Waals surface area contributed by atoms with Crippen molar-refractivity contribution in [1.29, 1.82) is 0 Å². The molecule has 0 unspecified atom stereocenters. The number of aliphatic hydroxyl groups is 6. The van der Waals surface area contributed by atoms with Crippen molar-refractivity contribution in [1.82, 2.24) is 9.80 Å². The van der Waals surface area contributed by atoms with E-state index in [-0.39, 0.29) is 70.2 Å². The number of carboxylic acids is 2. The SMILES string of the molecule is O=C([O-])c1ccc(C(=O)[O-])cc1.OCCN(CCO)CCO.OCCN(CCO)CCO.[Zn+2]. The van der Waals surface area contributed by atoms with Gasteiger partial charge in [-0.05, 0) is 11.1 Å². The summed E-state index contributed by atoms with van der Waals surface area (Å²) in [6.07, 6.45) is 0. The van der Waals surface area contributed by atoms with Crippen LogP contribution in [0.3, 0.4) is 0 Å². The van der Waals surface area contributed by atoms with Crippen LogP contribution in [0.25, 0.3) is 0 Å². The Morgan fingerprint density at radius 1 is 0.545 bits per heavy atom. The summed E-state index contributed by atoms with van der Waals surface area (Å²) in [5, 5.41) is 71.3. The van der Waals surface area contributed by atoms with Crippen LogP contribution in [0.15, 0.2) is 24.3 Å². The number of aliphatic hydroxyl groups excluding tert-OH is 6. The number of hydrogen-bond donors (Lipinski definition) is 6. The fourth-order valence-electron chi connectivity index (χ4n) is 2.26. The van der Waals surface area contributed by atoms with E-state index in [2.05, 4.69) is 0 Å². The molecule has 0 aliphatic rings. The van der Waals surface area contributed by atoms with Gasteiger partial charge in [-0.2, -0.15) is 0 Å². The summed E-state index contributed by atoms with van der Waals surface area (Å²) in [4.78, 5) is 24.0. The maximum absolute atomic E-state index is 10.2. The van der Waals surface area contributed by atoms with Crippen LogP contribution in [0, 0.1) is 0 Å². The van der Waals surface area contributed by atoms with Gasteiger partial charge in [-0.25, -0.2) is 0 Å². The topological polar surface area (TPSA) is 208 Å². The molecule has 0 atom stereocenters. The minimum absolute atomic E-state index is 0. The monoisotopic (exact) mass is 526 g/mol. The second-order valence-electron chi connectivity index (χ2n) is 6.18. The maximum Gasteiger partial charge on any atom is 2.00 e. The number of rotatable bonds is 14. The predicted molar refractivity (Wildman–Crippen MR) is 110 cm³/mol. The van der Waals surface area contributed by atoms with Gasteiger partial charge in [0, 0.05) is 39.3 Å². The normalized spacial score (nSPS) is 9.94. The molecule has 6 N–H and O–H groups in total. The van der Waals surface area contributed by atoms with Crippen molar-refractivity contribution in [2.24, 2.45) is 0 Å². The van der Waals surface area contributed by atoms with Gasteiger partial charge in [-0.1, -0.05) is 24.3 Å². The van der Waals surface area contributed by atoms with Crippen LogP contribution >= 0.6 is 0 Å². The van der Waals surface area contributed by atoms with Crippen molar-refractivity contribution in [2.45, 2.75) is 0 Å². The molecular formula is C20H34N2O10Zn. The van der Waals surface area contributed by atoms with Gasteiger partial charge in [0.15, 0.2) is 0 Å². The molecule has 0 aliphatic heterocycles. The van der Waals surface area contributed by atoms with Gasteiger partial charge < -0.3 is 50.4 Å². The molecule has 0 aromatic heterocycles. The molecule has 0 radical (unpaired) electrons. The Kier molecular flexibility index (Phi) is 27.4. The van der Waals surface area contributed by atoms with Crippen molar-refractivity contribution in [3.05, 3.63) is 35.4 Å². The number of aromatic carboxylic acids is 2. The van der Waals surface area contributed by atoms with E-state index in [1.165, 1.54) is 0 Å². The smallest absolute Gasteiger partial charge is 0.545 e. The average molecular weight is 528 g/mol. The first-order chi connectivity index (χ1) is 15.3. The Labute approximate surface area is 206 Å². The molecule has 12 nitrogen and oxygen atoms in total. The summed E-state index contributed by atoms with van der Waals surface area (Å²) < 4.78 is 0. The van der Waals surface area contributed by atoms with E-state index >= 15 is 0 Å². The Morgan fingerprint density at radius 2 is 0.727 bits per heavy atom. The maximum atomic E-state index is 10.2. The van der Waals surface area contributed by atoms with E-state index in [1.807, 2.05) is 0 Å². The van der Waals surface area contributed by atoms with E-state index in [0.717, 1.165) is 24.3 Å². The first-order valence-corrected chi connectivity index (χ1v) is 9.93. The number of nitrogens with zero attached hydrogens (tertiary/aromatic N) is 2. The van der Waals surface area contributed by atoms with Crippen LogP contribution in [0.2, 0.25) is 0 Å². The molecule has 186 valence electrons. The second-order valence-corrected chi connectivity index (χ2v) is 6.18. The molecule has 1 aromatic carbocycles. The molecule has 0 saturated carbocycles. The minimum atomic E-state index is -1.33. The summed E-state index contributed by atoms with van der Waals surface area (Å²) >= 11 is 0. The largest absolute Gasteiger partial charge is 2.00 e. The first kappa shape index (κ1) is 36.0. The molecule has 33 heavy (non-hydrogen) atoms. The zero-order valence-corrected chi connectivity index (χ0v) is 21.7. The Hall–Kier alpha value is -1.54. The third-order valence-corrected chi connectivity index (χ3v) is 3.85. The van der Waals surface area contributed by atoms with Crippen LogP contribution < -0.4 is 10.2 Å². The van der Waals surface area contributed by atoms with Gasteiger partial charge in [0.05, 0.1) is 51.6 Å². The predicted octanol–water partition coefficient (Wildman–Crippen LogP) is -5.06. The van der Waals surface area contributed by atoms with Gasteiger partial charge in [0.25, 0.3) is 0 Å². The standard InChI is InChI=1S/C8H6O4.2C6H15NO3.Zn/c9-7(10)5-1-2-6(4-3-5)8(11)12;2*8-4-1-7(2-5-9)3-6-10;/h1-4H,(H,9,10)(H,11,12);2*8-10H,1-6H2;/q;;;+2/p-2. The van der Waals surface area contributed by atoms with Crippen LogP contribution in [0.1, 0.15) is 20.7 Å². The second kappa shape index (κ2) is 25.1. The van der Waals surface area contributed by atoms with E-state index in [9.17, 15) is 19.8 Å². The molecule has 1 aromatic rings. The van der Waals surface area contributed by atoms with Crippen LogP contribution in [0.5, 0.6) is 0 Å². The Balaban J connectivity index is -0.000000406. The first-order valence-electron chi connectivity index (χ1n) is 9.93. The van der Waals surface area contributed by atoms with E-state index in [0.29, 0.717) is 39.3 Å². The molecule has 1 rings (SSSR count). The average Bonchev–Trinajstić information content (AvgIpc) is 2.76. The molecule has 0 bridgehead atoms. The third-order valence-electron chi connectivity index (χ3n) is 3.85. The summed E-state index contributed by atoms with van der Waals surface area (Å²) in [6.45, 7) is 3.51. The molecule has 0 spiro atoms. The van der Waals surface area contributed by atoms with Crippen molar-refractivity contribution in [3.63, 3.8) is 0 Å². The zero-order valence-electron chi connectivity index (χ0n) is 18.7.